The number of carbonyl (C=O) groups excluding carboxylic acids is 1. The van der Waals surface area contributed by atoms with Gasteiger partial charge in [-0.25, -0.2) is 4.39 Å². The van der Waals surface area contributed by atoms with Crippen LogP contribution in [-0.2, 0) is 7.05 Å². The molecule has 1 N–H and O–H groups in total. The van der Waals surface area contributed by atoms with Crippen molar-refractivity contribution in [2.45, 2.75) is 0 Å². The third kappa shape index (κ3) is 2.63. The molecule has 0 fully saturated rings. The number of amides is 1. The number of benzene rings is 2. The Morgan fingerprint density at radius 3 is 2.58 bits per heavy atom. The molecule has 5 nitrogen and oxygen atoms in total. The van der Waals surface area contributed by atoms with Crippen LogP contribution in [0.25, 0.3) is 10.9 Å². The Labute approximate surface area is 136 Å². The first kappa shape index (κ1) is 15.4. The summed E-state index contributed by atoms with van der Waals surface area (Å²) in [5.74, 6) is -1.11. The van der Waals surface area contributed by atoms with E-state index in [1.54, 1.807) is 31.3 Å². The number of rotatable bonds is 2. The normalized spacial score (nSPS) is 10.4. The van der Waals surface area contributed by atoms with Crippen molar-refractivity contribution < 1.29 is 9.18 Å². The summed E-state index contributed by atoms with van der Waals surface area (Å²) in [5.41, 5.74) is 0.455. The Morgan fingerprint density at radius 1 is 1.21 bits per heavy atom. The monoisotopic (exact) mass is 321 g/mol. The van der Waals surface area contributed by atoms with E-state index in [0.29, 0.717) is 11.3 Å². The van der Waals surface area contributed by atoms with E-state index in [9.17, 15) is 14.0 Å². The van der Waals surface area contributed by atoms with Crippen molar-refractivity contribution in [2.75, 3.05) is 5.32 Å². The third-order valence-electron chi connectivity index (χ3n) is 3.67. The maximum absolute atomic E-state index is 13.9. The van der Waals surface area contributed by atoms with Crippen LogP contribution < -0.4 is 10.7 Å². The van der Waals surface area contributed by atoms with E-state index in [-0.39, 0.29) is 16.5 Å². The van der Waals surface area contributed by atoms with Gasteiger partial charge in [0, 0.05) is 24.3 Å². The summed E-state index contributed by atoms with van der Waals surface area (Å²) in [7, 11) is 1.57. The Morgan fingerprint density at radius 2 is 1.92 bits per heavy atom. The van der Waals surface area contributed by atoms with Gasteiger partial charge in [-0.3, -0.25) is 9.59 Å². The summed E-state index contributed by atoms with van der Waals surface area (Å²) in [6, 6.07) is 12.4. The molecule has 2 aromatic carbocycles. The minimum atomic E-state index is -0.591. The molecular weight excluding hydrogens is 309 g/mol. The number of hydrogen-bond acceptors (Lipinski definition) is 3. The van der Waals surface area contributed by atoms with Gasteiger partial charge < -0.3 is 9.88 Å². The average molecular weight is 321 g/mol. The minimum Gasteiger partial charge on any atom is -0.347 e. The number of nitrogens with zero attached hydrogens (tertiary/aromatic N) is 2. The number of nitriles is 1. The van der Waals surface area contributed by atoms with Crippen LogP contribution in [0.3, 0.4) is 0 Å². The molecule has 3 rings (SSSR count). The van der Waals surface area contributed by atoms with Gasteiger partial charge in [-0.1, -0.05) is 6.07 Å². The van der Waals surface area contributed by atoms with E-state index in [1.807, 2.05) is 6.07 Å². The van der Waals surface area contributed by atoms with Crippen LogP contribution >= 0.6 is 0 Å². The van der Waals surface area contributed by atoms with Gasteiger partial charge >= 0.3 is 0 Å². The second kappa shape index (κ2) is 5.97. The molecule has 1 amide bonds. The lowest BCUT2D eigenvalue weighted by atomic mass is 10.1. The van der Waals surface area contributed by atoms with Crippen molar-refractivity contribution in [3.63, 3.8) is 0 Å². The van der Waals surface area contributed by atoms with Gasteiger partial charge in [0.25, 0.3) is 5.91 Å². The Hall–Kier alpha value is -3.46. The summed E-state index contributed by atoms with van der Waals surface area (Å²) in [6.45, 7) is 0. The van der Waals surface area contributed by atoms with E-state index in [1.165, 1.54) is 29.0 Å². The Balaban J connectivity index is 2.02. The third-order valence-corrected chi connectivity index (χ3v) is 3.67. The largest absolute Gasteiger partial charge is 0.347 e. The molecule has 1 heterocycles. The van der Waals surface area contributed by atoms with Gasteiger partial charge in [0.15, 0.2) is 0 Å². The number of aryl methyl sites for hydroxylation is 1. The number of nitrogens with one attached hydrogen (secondary N) is 1. The lowest BCUT2D eigenvalue weighted by Crippen LogP contribution is -2.23. The number of para-hydroxylation sites is 1. The van der Waals surface area contributed by atoms with E-state index >= 15 is 0 Å². The molecule has 0 unspecified atom stereocenters. The van der Waals surface area contributed by atoms with E-state index < -0.39 is 17.2 Å². The lowest BCUT2D eigenvalue weighted by Gasteiger charge is -2.10. The Kier molecular flexibility index (Phi) is 3.84. The molecule has 0 aliphatic carbocycles. The second-order valence-electron chi connectivity index (χ2n) is 5.26. The van der Waals surface area contributed by atoms with Crippen molar-refractivity contribution in [3.8, 4) is 6.07 Å². The SMILES string of the molecule is Cn1cc(C(=O)Nc2ccc(C#N)cc2)c(=O)c2cccc(F)c21. The standard InChI is InChI=1S/C18H12FN3O2/c1-22-10-14(17(23)13-3-2-4-15(19)16(13)22)18(24)21-12-7-5-11(9-20)6-8-12/h2-8,10H,1H3,(H,21,24). The first-order valence-electron chi connectivity index (χ1n) is 7.10. The summed E-state index contributed by atoms with van der Waals surface area (Å²) in [4.78, 5) is 24.9. The van der Waals surface area contributed by atoms with Crippen molar-refractivity contribution in [2.24, 2.45) is 7.05 Å². The molecule has 0 saturated carbocycles. The van der Waals surface area contributed by atoms with E-state index in [2.05, 4.69) is 5.32 Å². The van der Waals surface area contributed by atoms with Gasteiger partial charge in [0.1, 0.15) is 11.4 Å². The molecule has 0 atom stereocenters. The zero-order valence-corrected chi connectivity index (χ0v) is 12.7. The van der Waals surface area contributed by atoms with Crippen LogP contribution in [0.4, 0.5) is 10.1 Å². The number of carbonyl (C=O) groups is 1. The number of anilines is 1. The summed E-state index contributed by atoms with van der Waals surface area (Å²) in [6.07, 6.45) is 1.31. The van der Waals surface area contributed by atoms with Gasteiger partial charge in [-0.15, -0.1) is 0 Å². The van der Waals surface area contributed by atoms with Crippen LogP contribution in [0.15, 0.2) is 53.5 Å². The van der Waals surface area contributed by atoms with Crippen LogP contribution in [0, 0.1) is 17.1 Å². The van der Waals surface area contributed by atoms with Crippen molar-refractivity contribution in [1.29, 1.82) is 5.26 Å². The summed E-state index contributed by atoms with van der Waals surface area (Å²) >= 11 is 0. The maximum Gasteiger partial charge on any atom is 0.261 e. The zero-order chi connectivity index (χ0) is 17.3. The van der Waals surface area contributed by atoms with Gasteiger partial charge in [-0.2, -0.15) is 5.26 Å². The van der Waals surface area contributed by atoms with Gasteiger partial charge in [-0.05, 0) is 36.4 Å². The molecular formula is C18H12FN3O2. The highest BCUT2D eigenvalue weighted by Gasteiger charge is 2.16. The predicted molar refractivity (Wildman–Crippen MR) is 88.3 cm³/mol. The molecule has 0 aliphatic heterocycles. The second-order valence-corrected chi connectivity index (χ2v) is 5.26. The number of halogens is 1. The van der Waals surface area contributed by atoms with Crippen LogP contribution in [0.2, 0.25) is 0 Å². The van der Waals surface area contributed by atoms with Crippen LogP contribution in [-0.4, -0.2) is 10.5 Å². The minimum absolute atomic E-state index is 0.0834. The van der Waals surface area contributed by atoms with Crippen LogP contribution in [0.1, 0.15) is 15.9 Å². The molecule has 0 saturated heterocycles. The fourth-order valence-corrected chi connectivity index (χ4v) is 2.51. The summed E-state index contributed by atoms with van der Waals surface area (Å²) in [5, 5.41) is 11.5. The molecule has 24 heavy (non-hydrogen) atoms. The maximum atomic E-state index is 13.9. The van der Waals surface area contributed by atoms with E-state index in [0.717, 1.165) is 0 Å². The quantitative estimate of drug-likeness (QED) is 0.788. The van der Waals surface area contributed by atoms with Crippen molar-refractivity contribution >= 4 is 22.5 Å². The van der Waals surface area contributed by atoms with Gasteiger partial charge in [0.05, 0.1) is 17.1 Å². The molecule has 1 aromatic heterocycles. The Bertz CT molecular complexity index is 1050. The number of hydrogen-bond donors (Lipinski definition) is 1. The molecule has 0 spiro atoms. The number of fused-ring (bicyclic) bond motifs is 1. The fraction of sp³-hybridized carbons (Fsp3) is 0.0556. The lowest BCUT2D eigenvalue weighted by molar-refractivity contribution is 0.102. The molecule has 0 aliphatic rings. The van der Waals surface area contributed by atoms with Crippen LogP contribution in [0.5, 0.6) is 0 Å². The topological polar surface area (TPSA) is 74.9 Å². The zero-order valence-electron chi connectivity index (χ0n) is 12.7. The number of pyridine rings is 1. The highest BCUT2D eigenvalue weighted by Crippen LogP contribution is 2.16. The molecule has 118 valence electrons. The first-order valence-corrected chi connectivity index (χ1v) is 7.10. The molecule has 0 bridgehead atoms. The fourth-order valence-electron chi connectivity index (χ4n) is 2.51. The first-order chi connectivity index (χ1) is 11.5. The number of aromatic nitrogens is 1. The van der Waals surface area contributed by atoms with Gasteiger partial charge in [0.2, 0.25) is 5.43 Å². The molecule has 0 radical (unpaired) electrons. The van der Waals surface area contributed by atoms with Crippen molar-refractivity contribution in [3.05, 3.63) is 75.8 Å². The summed E-state index contributed by atoms with van der Waals surface area (Å²) < 4.78 is 15.3. The smallest absolute Gasteiger partial charge is 0.261 e. The van der Waals surface area contributed by atoms with E-state index in [4.69, 9.17) is 5.26 Å². The average Bonchev–Trinajstić information content (AvgIpc) is 2.58. The predicted octanol–water partition coefficient (Wildman–Crippen LogP) is 2.80. The highest BCUT2D eigenvalue weighted by molar-refractivity contribution is 6.05. The molecule has 6 heteroatoms. The van der Waals surface area contributed by atoms with Crippen molar-refractivity contribution in [1.82, 2.24) is 4.57 Å². The highest BCUT2D eigenvalue weighted by atomic mass is 19.1. The molecule has 3 aromatic rings.